The van der Waals surface area contributed by atoms with Crippen molar-refractivity contribution < 1.29 is 14.6 Å². The van der Waals surface area contributed by atoms with E-state index in [4.69, 9.17) is 16.3 Å². The third-order valence-corrected chi connectivity index (χ3v) is 2.49. The first kappa shape index (κ1) is 14.8. The van der Waals surface area contributed by atoms with Crippen LogP contribution >= 0.6 is 11.6 Å². The molecule has 100 valence electrons. The summed E-state index contributed by atoms with van der Waals surface area (Å²) in [6, 6.07) is 0. The highest BCUT2D eigenvalue weighted by Gasteiger charge is 2.21. The summed E-state index contributed by atoms with van der Waals surface area (Å²) in [7, 11) is 1.55. The van der Waals surface area contributed by atoms with Gasteiger partial charge in [-0.3, -0.25) is 9.78 Å². The fraction of sp³-hybridized carbons (Fsp3) is 0.545. The van der Waals surface area contributed by atoms with Crippen LogP contribution in [0.1, 0.15) is 23.8 Å². The average molecular weight is 274 g/mol. The molecule has 0 saturated carbocycles. The van der Waals surface area contributed by atoms with E-state index in [1.165, 1.54) is 12.4 Å². The van der Waals surface area contributed by atoms with Crippen molar-refractivity contribution in [3.8, 4) is 0 Å². The summed E-state index contributed by atoms with van der Waals surface area (Å²) >= 11 is 5.63. The quantitative estimate of drug-likeness (QED) is 0.795. The molecule has 0 fully saturated rings. The number of aliphatic hydroxyl groups is 1. The van der Waals surface area contributed by atoms with Crippen molar-refractivity contribution in [3.63, 3.8) is 0 Å². The lowest BCUT2D eigenvalue weighted by Crippen LogP contribution is -2.41. The molecule has 6 nitrogen and oxygen atoms in total. The fourth-order valence-electron chi connectivity index (χ4n) is 1.22. The van der Waals surface area contributed by atoms with Crippen LogP contribution in [-0.2, 0) is 4.74 Å². The number of rotatable bonds is 6. The summed E-state index contributed by atoms with van der Waals surface area (Å²) in [6.45, 7) is 2.14. The molecule has 1 amide bonds. The molecular weight excluding hydrogens is 258 g/mol. The largest absolute Gasteiger partial charge is 0.388 e. The van der Waals surface area contributed by atoms with Crippen molar-refractivity contribution in [2.24, 2.45) is 0 Å². The summed E-state index contributed by atoms with van der Waals surface area (Å²) in [5.74, 6) is -0.428. The number of ether oxygens (including phenoxy) is 1. The van der Waals surface area contributed by atoms with Gasteiger partial charge in [0.15, 0.2) is 0 Å². The van der Waals surface area contributed by atoms with E-state index in [1.807, 2.05) is 0 Å². The summed E-state index contributed by atoms with van der Waals surface area (Å²) in [5, 5.41) is 12.7. The molecule has 1 aromatic rings. The van der Waals surface area contributed by atoms with Crippen LogP contribution in [-0.4, -0.2) is 46.8 Å². The number of hydrogen-bond acceptors (Lipinski definition) is 5. The SMILES string of the molecule is COCCC(C)(O)CNC(=O)c1cncc(Cl)n1. The van der Waals surface area contributed by atoms with Gasteiger partial charge in [-0.15, -0.1) is 0 Å². The van der Waals surface area contributed by atoms with Gasteiger partial charge < -0.3 is 15.2 Å². The Balaban J connectivity index is 2.50. The van der Waals surface area contributed by atoms with E-state index in [0.29, 0.717) is 13.0 Å². The van der Waals surface area contributed by atoms with E-state index in [1.54, 1.807) is 14.0 Å². The van der Waals surface area contributed by atoms with Gasteiger partial charge >= 0.3 is 0 Å². The second-order valence-corrected chi connectivity index (χ2v) is 4.54. The maximum Gasteiger partial charge on any atom is 0.271 e. The second kappa shape index (κ2) is 6.63. The predicted octanol–water partition coefficient (Wildman–Crippen LogP) is 0.647. The van der Waals surface area contributed by atoms with Crippen LogP contribution in [0.2, 0.25) is 5.15 Å². The number of hydrogen-bond donors (Lipinski definition) is 2. The third kappa shape index (κ3) is 4.95. The zero-order valence-electron chi connectivity index (χ0n) is 10.3. The van der Waals surface area contributed by atoms with Crippen molar-refractivity contribution in [2.45, 2.75) is 18.9 Å². The van der Waals surface area contributed by atoms with Crippen molar-refractivity contribution in [1.29, 1.82) is 0 Å². The Kier molecular flexibility index (Phi) is 5.46. The summed E-state index contributed by atoms with van der Waals surface area (Å²) < 4.78 is 4.87. The maximum atomic E-state index is 11.7. The zero-order valence-corrected chi connectivity index (χ0v) is 11.1. The Morgan fingerprint density at radius 1 is 1.61 bits per heavy atom. The Bertz CT molecular complexity index is 412. The highest BCUT2D eigenvalue weighted by Crippen LogP contribution is 2.08. The Labute approximate surface area is 110 Å². The van der Waals surface area contributed by atoms with Crippen molar-refractivity contribution >= 4 is 17.5 Å². The number of carbonyl (C=O) groups is 1. The van der Waals surface area contributed by atoms with Gasteiger partial charge in [0.05, 0.1) is 18.0 Å². The Morgan fingerprint density at radius 3 is 2.94 bits per heavy atom. The van der Waals surface area contributed by atoms with E-state index < -0.39 is 11.5 Å². The lowest BCUT2D eigenvalue weighted by molar-refractivity contribution is 0.0243. The molecular formula is C11H16ClN3O3. The molecule has 0 aliphatic rings. The van der Waals surface area contributed by atoms with E-state index in [2.05, 4.69) is 15.3 Å². The first-order chi connectivity index (χ1) is 8.44. The minimum Gasteiger partial charge on any atom is -0.388 e. The lowest BCUT2D eigenvalue weighted by Gasteiger charge is -2.23. The maximum absolute atomic E-state index is 11.7. The van der Waals surface area contributed by atoms with Gasteiger partial charge in [0.25, 0.3) is 5.91 Å². The van der Waals surface area contributed by atoms with Gasteiger partial charge in [0.1, 0.15) is 10.8 Å². The summed E-state index contributed by atoms with van der Waals surface area (Å²) in [6.07, 6.45) is 3.07. The van der Waals surface area contributed by atoms with Gasteiger partial charge in [0.2, 0.25) is 0 Å². The molecule has 1 heterocycles. The standard InChI is InChI=1S/C11H16ClN3O3/c1-11(17,3-4-18-2)7-14-10(16)8-5-13-6-9(12)15-8/h5-6,17H,3-4,7H2,1-2H3,(H,14,16). The molecule has 0 aliphatic heterocycles. The third-order valence-electron chi connectivity index (χ3n) is 2.31. The van der Waals surface area contributed by atoms with Crippen LogP contribution in [0.5, 0.6) is 0 Å². The topological polar surface area (TPSA) is 84.3 Å². The van der Waals surface area contributed by atoms with E-state index in [9.17, 15) is 9.90 Å². The molecule has 0 aromatic carbocycles. The molecule has 1 aromatic heterocycles. The Hall–Kier alpha value is -1.24. The molecule has 7 heteroatoms. The molecule has 1 atom stereocenters. The monoisotopic (exact) mass is 273 g/mol. The van der Waals surface area contributed by atoms with Crippen LogP contribution in [0.3, 0.4) is 0 Å². The zero-order chi connectivity index (χ0) is 13.6. The lowest BCUT2D eigenvalue weighted by atomic mass is 10.0. The van der Waals surface area contributed by atoms with Gasteiger partial charge in [-0.25, -0.2) is 4.98 Å². The molecule has 0 aliphatic carbocycles. The van der Waals surface area contributed by atoms with Gasteiger partial charge in [-0.2, -0.15) is 0 Å². The van der Waals surface area contributed by atoms with Crippen molar-refractivity contribution in [1.82, 2.24) is 15.3 Å². The number of methoxy groups -OCH3 is 1. The number of nitrogens with one attached hydrogen (secondary N) is 1. The van der Waals surface area contributed by atoms with Crippen molar-refractivity contribution in [3.05, 3.63) is 23.2 Å². The number of halogens is 1. The van der Waals surface area contributed by atoms with Gasteiger partial charge in [0, 0.05) is 26.7 Å². The van der Waals surface area contributed by atoms with E-state index in [-0.39, 0.29) is 17.4 Å². The normalized spacial score (nSPS) is 14.0. The van der Waals surface area contributed by atoms with Crippen LogP contribution in [0.15, 0.2) is 12.4 Å². The van der Waals surface area contributed by atoms with Gasteiger partial charge in [-0.1, -0.05) is 11.6 Å². The van der Waals surface area contributed by atoms with Crippen LogP contribution < -0.4 is 5.32 Å². The number of nitrogens with zero attached hydrogens (tertiary/aromatic N) is 2. The molecule has 0 spiro atoms. The highest BCUT2D eigenvalue weighted by molar-refractivity contribution is 6.29. The summed E-state index contributed by atoms with van der Waals surface area (Å²) in [4.78, 5) is 19.3. The van der Waals surface area contributed by atoms with E-state index >= 15 is 0 Å². The molecule has 1 rings (SSSR count). The average Bonchev–Trinajstić information content (AvgIpc) is 2.34. The highest BCUT2D eigenvalue weighted by atomic mass is 35.5. The molecule has 18 heavy (non-hydrogen) atoms. The van der Waals surface area contributed by atoms with E-state index in [0.717, 1.165) is 0 Å². The fourth-order valence-corrected chi connectivity index (χ4v) is 1.37. The first-order valence-corrected chi connectivity index (χ1v) is 5.79. The molecule has 1 unspecified atom stereocenters. The molecule has 0 radical (unpaired) electrons. The number of carbonyl (C=O) groups excluding carboxylic acids is 1. The molecule has 0 bridgehead atoms. The molecule has 0 saturated heterocycles. The second-order valence-electron chi connectivity index (χ2n) is 4.15. The number of aromatic nitrogens is 2. The minimum atomic E-state index is -1.03. The summed E-state index contributed by atoms with van der Waals surface area (Å²) in [5.41, 5.74) is -0.914. The Morgan fingerprint density at radius 2 is 2.33 bits per heavy atom. The predicted molar refractivity (Wildman–Crippen MR) is 66.5 cm³/mol. The van der Waals surface area contributed by atoms with Crippen LogP contribution in [0.25, 0.3) is 0 Å². The smallest absolute Gasteiger partial charge is 0.271 e. The minimum absolute atomic E-state index is 0.101. The van der Waals surface area contributed by atoms with Gasteiger partial charge in [-0.05, 0) is 6.92 Å². The van der Waals surface area contributed by atoms with Crippen LogP contribution in [0.4, 0.5) is 0 Å². The first-order valence-electron chi connectivity index (χ1n) is 5.42. The van der Waals surface area contributed by atoms with Crippen molar-refractivity contribution in [2.75, 3.05) is 20.3 Å². The molecule has 2 N–H and O–H groups in total. The van der Waals surface area contributed by atoms with Crippen LogP contribution in [0, 0.1) is 0 Å². The number of amides is 1.